The second-order valence-corrected chi connectivity index (χ2v) is 7.51. The maximum absolute atomic E-state index is 12.7. The van der Waals surface area contributed by atoms with Gasteiger partial charge in [-0.15, -0.1) is 0 Å². The Hall–Kier alpha value is -2.83. The summed E-state index contributed by atoms with van der Waals surface area (Å²) in [5.74, 6) is 0.553. The van der Waals surface area contributed by atoms with Crippen LogP contribution in [0.1, 0.15) is 19.8 Å². The van der Waals surface area contributed by atoms with E-state index in [0.717, 1.165) is 18.6 Å². The summed E-state index contributed by atoms with van der Waals surface area (Å²) in [5, 5.41) is 5.44. The van der Waals surface area contributed by atoms with Gasteiger partial charge in [0.2, 0.25) is 11.8 Å². The monoisotopic (exact) mass is 383 g/mol. The molecule has 4 atom stereocenters. The Labute approximate surface area is 164 Å². The number of carbonyl (C=O) groups is 3. The predicted octanol–water partition coefficient (Wildman–Crippen LogP) is 2.40. The van der Waals surface area contributed by atoms with Crippen LogP contribution in [-0.2, 0) is 9.59 Å². The number of amides is 4. The number of benzene rings is 1. The van der Waals surface area contributed by atoms with Crippen LogP contribution in [0.5, 0.6) is 5.75 Å². The highest BCUT2D eigenvalue weighted by Gasteiger charge is 2.56. The summed E-state index contributed by atoms with van der Waals surface area (Å²) in [4.78, 5) is 38.9. The lowest BCUT2D eigenvalue weighted by molar-refractivity contribution is -0.140. The largest absolute Gasteiger partial charge is 0.494 e. The van der Waals surface area contributed by atoms with Crippen LogP contribution in [0.3, 0.4) is 0 Å². The maximum Gasteiger partial charge on any atom is 0.319 e. The van der Waals surface area contributed by atoms with Crippen LogP contribution in [0.4, 0.5) is 10.5 Å². The Morgan fingerprint density at radius 2 is 1.68 bits per heavy atom. The number of ether oxygens (including phenoxy) is 1. The number of urea groups is 1. The molecule has 7 nitrogen and oxygen atoms in total. The molecule has 2 bridgehead atoms. The molecule has 1 aliphatic heterocycles. The average molecular weight is 383 g/mol. The smallest absolute Gasteiger partial charge is 0.319 e. The molecule has 0 spiro atoms. The van der Waals surface area contributed by atoms with E-state index in [1.807, 2.05) is 6.92 Å². The highest BCUT2D eigenvalue weighted by Crippen LogP contribution is 2.49. The molecule has 0 aromatic heterocycles. The zero-order valence-corrected chi connectivity index (χ0v) is 15.9. The lowest BCUT2D eigenvalue weighted by atomic mass is 9.63. The van der Waals surface area contributed by atoms with Crippen molar-refractivity contribution in [2.75, 3.05) is 25.0 Å². The van der Waals surface area contributed by atoms with E-state index in [9.17, 15) is 14.4 Å². The Balaban J connectivity index is 1.27. The first kappa shape index (κ1) is 18.5. The first-order chi connectivity index (χ1) is 13.6. The molecule has 3 aliphatic carbocycles. The summed E-state index contributed by atoms with van der Waals surface area (Å²) in [5.41, 5.74) is 0.642. The number of carbonyl (C=O) groups excluding carboxylic acids is 3. The third kappa shape index (κ3) is 3.37. The molecular weight excluding hydrogens is 358 g/mol. The van der Waals surface area contributed by atoms with Gasteiger partial charge in [-0.25, -0.2) is 4.79 Å². The van der Waals surface area contributed by atoms with Crippen molar-refractivity contribution in [2.45, 2.75) is 19.8 Å². The van der Waals surface area contributed by atoms with E-state index in [1.165, 1.54) is 4.90 Å². The van der Waals surface area contributed by atoms with E-state index in [0.29, 0.717) is 12.3 Å². The van der Waals surface area contributed by atoms with Crippen molar-refractivity contribution in [3.63, 3.8) is 0 Å². The summed E-state index contributed by atoms with van der Waals surface area (Å²) in [6, 6.07) is 6.70. The summed E-state index contributed by atoms with van der Waals surface area (Å²) in [6.45, 7) is 2.93. The molecule has 148 valence electrons. The lowest BCUT2D eigenvalue weighted by Crippen LogP contribution is -2.40. The second kappa shape index (κ2) is 7.66. The van der Waals surface area contributed by atoms with Gasteiger partial charge >= 0.3 is 6.03 Å². The highest BCUT2D eigenvalue weighted by molar-refractivity contribution is 6.06. The van der Waals surface area contributed by atoms with E-state index >= 15 is 0 Å². The van der Waals surface area contributed by atoms with Gasteiger partial charge in [0.25, 0.3) is 0 Å². The van der Waals surface area contributed by atoms with Crippen LogP contribution in [0.25, 0.3) is 0 Å². The van der Waals surface area contributed by atoms with Crippen molar-refractivity contribution in [1.82, 2.24) is 10.2 Å². The summed E-state index contributed by atoms with van der Waals surface area (Å²) in [6.07, 6.45) is 6.18. The summed E-state index contributed by atoms with van der Waals surface area (Å²) in [7, 11) is 0. The zero-order valence-electron chi connectivity index (χ0n) is 15.9. The predicted molar refractivity (Wildman–Crippen MR) is 104 cm³/mol. The zero-order chi connectivity index (χ0) is 19.7. The molecule has 4 amide bonds. The molecule has 2 N–H and O–H groups in total. The molecular formula is C21H25N3O4. The Bertz CT molecular complexity index is 772. The number of hydrogen-bond donors (Lipinski definition) is 2. The number of imide groups is 1. The van der Waals surface area contributed by atoms with E-state index in [1.54, 1.807) is 24.3 Å². The SMILES string of the molecule is CCOc1ccc(NC(=O)NCCN2C(=O)[C@@H]3[C@@H](C2=O)[C@H]2C=C[C@H]3CC2)cc1. The third-order valence-corrected chi connectivity index (χ3v) is 5.89. The fourth-order valence-corrected chi connectivity index (χ4v) is 4.61. The first-order valence-corrected chi connectivity index (χ1v) is 9.89. The van der Waals surface area contributed by atoms with Gasteiger partial charge in [-0.3, -0.25) is 14.5 Å². The number of fused-ring (bicyclic) bond motifs is 1. The molecule has 1 saturated heterocycles. The van der Waals surface area contributed by atoms with Crippen molar-refractivity contribution in [1.29, 1.82) is 0 Å². The van der Waals surface area contributed by atoms with Gasteiger partial charge in [0.1, 0.15) is 5.75 Å². The van der Waals surface area contributed by atoms with Gasteiger partial charge in [-0.1, -0.05) is 12.2 Å². The molecule has 1 aromatic carbocycles. The first-order valence-electron chi connectivity index (χ1n) is 9.89. The summed E-state index contributed by atoms with van der Waals surface area (Å²) < 4.78 is 5.37. The number of allylic oxidation sites excluding steroid dienone is 2. The quantitative estimate of drug-likeness (QED) is 0.583. The molecule has 0 radical (unpaired) electrons. The molecule has 28 heavy (non-hydrogen) atoms. The fraction of sp³-hybridized carbons (Fsp3) is 0.476. The Morgan fingerprint density at radius 1 is 1.07 bits per heavy atom. The van der Waals surface area contributed by atoms with Crippen molar-refractivity contribution in [2.24, 2.45) is 23.7 Å². The van der Waals surface area contributed by atoms with Crippen LogP contribution in [0.2, 0.25) is 0 Å². The van der Waals surface area contributed by atoms with E-state index in [4.69, 9.17) is 4.74 Å². The van der Waals surface area contributed by atoms with Crippen LogP contribution >= 0.6 is 0 Å². The highest BCUT2D eigenvalue weighted by atomic mass is 16.5. The van der Waals surface area contributed by atoms with Crippen molar-refractivity contribution in [3.8, 4) is 5.75 Å². The standard InChI is InChI=1S/C21H25N3O4/c1-2-28-16-9-7-15(8-10-16)23-21(27)22-11-12-24-19(25)17-13-3-4-14(6-5-13)18(17)20(24)26/h3-4,7-10,13-14,17-18H,2,5-6,11-12H2,1H3,(H2,22,23,27)/t13-,14-,17-,18-/m0/s1. The number of anilines is 1. The lowest BCUT2D eigenvalue weighted by Gasteiger charge is -2.38. The van der Waals surface area contributed by atoms with Crippen molar-refractivity contribution in [3.05, 3.63) is 36.4 Å². The average Bonchev–Trinajstić information content (AvgIpc) is 2.98. The molecule has 0 unspecified atom stereocenters. The van der Waals surface area contributed by atoms with Gasteiger partial charge in [-0.05, 0) is 55.9 Å². The number of nitrogens with zero attached hydrogens (tertiary/aromatic N) is 1. The normalized spacial score (nSPS) is 27.7. The van der Waals surface area contributed by atoms with Crippen molar-refractivity contribution < 1.29 is 19.1 Å². The van der Waals surface area contributed by atoms with Gasteiger partial charge < -0.3 is 15.4 Å². The van der Waals surface area contributed by atoms with E-state index < -0.39 is 0 Å². The van der Waals surface area contributed by atoms with Crippen LogP contribution in [-0.4, -0.2) is 42.4 Å². The Morgan fingerprint density at radius 3 is 2.21 bits per heavy atom. The Kier molecular flexibility index (Phi) is 5.07. The topological polar surface area (TPSA) is 87.7 Å². The van der Waals surface area contributed by atoms with Crippen LogP contribution in [0.15, 0.2) is 36.4 Å². The molecule has 5 rings (SSSR count). The molecule has 7 heteroatoms. The molecule has 4 aliphatic rings. The minimum Gasteiger partial charge on any atom is -0.494 e. The maximum atomic E-state index is 12.7. The molecule has 1 saturated carbocycles. The number of rotatable bonds is 6. The molecule has 1 heterocycles. The minimum absolute atomic E-state index is 0.0808. The van der Waals surface area contributed by atoms with E-state index in [-0.39, 0.29) is 54.6 Å². The number of likely N-dealkylation sites (tertiary alicyclic amines) is 1. The number of hydrogen-bond acceptors (Lipinski definition) is 4. The fourth-order valence-electron chi connectivity index (χ4n) is 4.61. The van der Waals surface area contributed by atoms with Gasteiger partial charge in [0, 0.05) is 18.8 Å². The van der Waals surface area contributed by atoms with Gasteiger partial charge in [-0.2, -0.15) is 0 Å². The second-order valence-electron chi connectivity index (χ2n) is 7.51. The van der Waals surface area contributed by atoms with Gasteiger partial charge in [0.05, 0.1) is 18.4 Å². The summed E-state index contributed by atoms with van der Waals surface area (Å²) >= 11 is 0. The van der Waals surface area contributed by atoms with Crippen LogP contribution in [0, 0.1) is 23.7 Å². The third-order valence-electron chi connectivity index (χ3n) is 5.89. The molecule has 1 aromatic rings. The number of nitrogens with one attached hydrogen (secondary N) is 2. The van der Waals surface area contributed by atoms with Gasteiger partial charge in [0.15, 0.2) is 0 Å². The van der Waals surface area contributed by atoms with E-state index in [2.05, 4.69) is 22.8 Å². The molecule has 2 fully saturated rings. The van der Waals surface area contributed by atoms with Crippen LogP contribution < -0.4 is 15.4 Å². The van der Waals surface area contributed by atoms with Crippen molar-refractivity contribution >= 4 is 23.5 Å². The minimum atomic E-state index is -0.373.